The molecule has 6 nitrogen and oxygen atoms in total. The van der Waals surface area contributed by atoms with E-state index in [0.717, 1.165) is 0 Å². The average molecular weight is 403 g/mol. The van der Waals surface area contributed by atoms with Crippen LogP contribution >= 0.6 is 0 Å². The molecule has 0 atom stereocenters. The Labute approximate surface area is 162 Å². The first-order chi connectivity index (χ1) is 13.7. The van der Waals surface area contributed by atoms with Gasteiger partial charge in [-0.1, -0.05) is 18.2 Å². The highest BCUT2D eigenvalue weighted by atomic mass is 19.4. The lowest BCUT2D eigenvalue weighted by atomic mass is 10.2. The van der Waals surface area contributed by atoms with Crippen LogP contribution in [-0.2, 0) is 13.6 Å². The number of ether oxygens (including phenoxy) is 1. The van der Waals surface area contributed by atoms with Gasteiger partial charge < -0.3 is 19.0 Å². The van der Waals surface area contributed by atoms with Crippen LogP contribution in [0, 0.1) is 0 Å². The Hall–Kier alpha value is -3.49. The summed E-state index contributed by atoms with van der Waals surface area (Å²) in [6.45, 7) is -1.17. The van der Waals surface area contributed by atoms with Crippen molar-refractivity contribution in [3.8, 4) is 17.3 Å². The van der Waals surface area contributed by atoms with Crippen LogP contribution in [0.3, 0.4) is 0 Å². The summed E-state index contributed by atoms with van der Waals surface area (Å²) in [5, 5.41) is 9.96. The Kier molecular flexibility index (Phi) is 4.25. The van der Waals surface area contributed by atoms with E-state index in [1.54, 1.807) is 41.9 Å². The molecule has 4 rings (SSSR count). The summed E-state index contributed by atoms with van der Waals surface area (Å²) >= 11 is 0. The first kappa shape index (κ1) is 18.9. The zero-order valence-electron chi connectivity index (χ0n) is 15.5. The average Bonchev–Trinajstić information content (AvgIpc) is 3.18. The maximum absolute atomic E-state index is 13.3. The van der Waals surface area contributed by atoms with Crippen molar-refractivity contribution in [3.63, 3.8) is 0 Å². The van der Waals surface area contributed by atoms with Crippen LogP contribution in [0.5, 0.6) is 5.75 Å². The number of nitrogens with zero attached hydrogens (tertiary/aromatic N) is 3. The van der Waals surface area contributed by atoms with Crippen molar-refractivity contribution in [3.05, 3.63) is 48.0 Å². The van der Waals surface area contributed by atoms with E-state index in [1.165, 1.54) is 23.8 Å². The fourth-order valence-corrected chi connectivity index (χ4v) is 3.56. The number of alkyl halides is 3. The van der Waals surface area contributed by atoms with Crippen molar-refractivity contribution in [1.82, 2.24) is 14.1 Å². The van der Waals surface area contributed by atoms with Gasteiger partial charge in [-0.25, -0.2) is 9.78 Å². The number of carboxylic acid groups (broad SMARTS) is 1. The molecule has 2 aromatic heterocycles. The van der Waals surface area contributed by atoms with Crippen LogP contribution in [0.15, 0.2) is 42.5 Å². The first-order valence-electron chi connectivity index (χ1n) is 8.63. The Balaban J connectivity index is 2.02. The maximum Gasteiger partial charge on any atom is 0.406 e. The van der Waals surface area contributed by atoms with Crippen LogP contribution in [0.25, 0.3) is 33.5 Å². The number of aromatic nitrogens is 3. The van der Waals surface area contributed by atoms with Gasteiger partial charge in [-0.15, -0.1) is 0 Å². The van der Waals surface area contributed by atoms with E-state index in [4.69, 9.17) is 4.74 Å². The zero-order valence-corrected chi connectivity index (χ0v) is 15.5. The number of aryl methyl sites for hydroxylation is 1. The highest BCUT2D eigenvalue weighted by Gasteiger charge is 2.31. The van der Waals surface area contributed by atoms with E-state index in [2.05, 4.69) is 4.98 Å². The Bertz CT molecular complexity index is 1250. The molecule has 0 amide bonds. The molecular formula is C20H16F3N3O3. The number of carbonyl (C=O) groups is 1. The quantitative estimate of drug-likeness (QED) is 0.546. The topological polar surface area (TPSA) is 69.3 Å². The minimum atomic E-state index is -4.42. The fourth-order valence-electron chi connectivity index (χ4n) is 3.56. The maximum atomic E-state index is 13.3. The van der Waals surface area contributed by atoms with Gasteiger partial charge in [-0.05, 0) is 24.3 Å². The molecule has 0 saturated heterocycles. The smallest absolute Gasteiger partial charge is 0.406 e. The molecule has 150 valence electrons. The zero-order chi connectivity index (χ0) is 20.9. The van der Waals surface area contributed by atoms with Crippen LogP contribution in [0.4, 0.5) is 13.2 Å². The summed E-state index contributed by atoms with van der Waals surface area (Å²) in [5.41, 5.74) is 1.51. The SMILES string of the molecule is COc1cc(C(=O)O)cc2nc(-c3cc4ccccc4n3CC(F)(F)F)n(C)c12. The molecule has 0 fully saturated rings. The number of aromatic carboxylic acids is 1. The van der Waals surface area contributed by atoms with E-state index in [1.807, 2.05) is 0 Å². The van der Waals surface area contributed by atoms with Crippen molar-refractivity contribution >= 4 is 27.9 Å². The van der Waals surface area contributed by atoms with Gasteiger partial charge in [0.1, 0.15) is 17.8 Å². The molecule has 2 aromatic carbocycles. The highest BCUT2D eigenvalue weighted by Crippen LogP contribution is 2.35. The van der Waals surface area contributed by atoms with Gasteiger partial charge in [0.15, 0.2) is 5.82 Å². The summed E-state index contributed by atoms with van der Waals surface area (Å²) in [6, 6.07) is 11.2. The monoisotopic (exact) mass is 403 g/mol. The van der Waals surface area contributed by atoms with Crippen molar-refractivity contribution in [2.45, 2.75) is 12.7 Å². The number of hydrogen-bond acceptors (Lipinski definition) is 3. The van der Waals surface area contributed by atoms with E-state index < -0.39 is 18.7 Å². The van der Waals surface area contributed by atoms with E-state index in [-0.39, 0.29) is 22.8 Å². The lowest BCUT2D eigenvalue weighted by Gasteiger charge is -2.13. The number of imidazole rings is 1. The molecule has 0 aliphatic rings. The molecule has 0 spiro atoms. The molecule has 0 bridgehead atoms. The van der Waals surface area contributed by atoms with Crippen LogP contribution in [0.2, 0.25) is 0 Å². The first-order valence-corrected chi connectivity index (χ1v) is 8.63. The van der Waals surface area contributed by atoms with Gasteiger partial charge in [0.05, 0.1) is 23.9 Å². The van der Waals surface area contributed by atoms with Crippen LogP contribution < -0.4 is 4.74 Å². The number of benzene rings is 2. The predicted octanol–water partition coefficient (Wildman–Crippen LogP) is 4.46. The third-order valence-electron chi connectivity index (χ3n) is 4.78. The van der Waals surface area contributed by atoms with Crippen LogP contribution in [0.1, 0.15) is 10.4 Å². The third-order valence-corrected chi connectivity index (χ3v) is 4.78. The van der Waals surface area contributed by atoms with Gasteiger partial charge in [0.25, 0.3) is 0 Å². The molecule has 2 heterocycles. The Morgan fingerprint density at radius 1 is 1.21 bits per heavy atom. The largest absolute Gasteiger partial charge is 0.494 e. The molecule has 0 radical (unpaired) electrons. The standard InChI is InChI=1S/C20H16F3N3O3/c1-25-17-13(7-12(19(27)28)9-16(17)29-2)24-18(25)15-8-11-5-3-4-6-14(11)26(15)10-20(21,22)23/h3-9H,10H2,1-2H3,(H,27,28). The highest BCUT2D eigenvalue weighted by molar-refractivity contribution is 5.96. The van der Waals surface area contributed by atoms with E-state index in [0.29, 0.717) is 21.9 Å². The van der Waals surface area contributed by atoms with Crippen molar-refractivity contribution in [2.24, 2.45) is 7.05 Å². The lowest BCUT2D eigenvalue weighted by molar-refractivity contribution is -0.139. The summed E-state index contributed by atoms with van der Waals surface area (Å²) in [5.74, 6) is -0.593. The second-order valence-corrected chi connectivity index (χ2v) is 6.64. The van der Waals surface area contributed by atoms with Gasteiger partial charge in [0, 0.05) is 18.0 Å². The summed E-state index contributed by atoms with van der Waals surface area (Å²) in [6.07, 6.45) is -4.42. The van der Waals surface area contributed by atoms with Gasteiger partial charge in [0.2, 0.25) is 0 Å². The molecule has 0 saturated carbocycles. The number of para-hydroxylation sites is 1. The summed E-state index contributed by atoms with van der Waals surface area (Å²) in [4.78, 5) is 15.8. The number of rotatable bonds is 4. The van der Waals surface area contributed by atoms with Gasteiger partial charge >= 0.3 is 12.1 Å². The van der Waals surface area contributed by atoms with E-state index >= 15 is 0 Å². The normalized spacial score (nSPS) is 12.0. The number of carboxylic acids is 1. The molecule has 0 aliphatic carbocycles. The summed E-state index contributed by atoms with van der Waals surface area (Å²) in [7, 11) is 3.05. The van der Waals surface area contributed by atoms with E-state index in [9.17, 15) is 23.1 Å². The second kappa shape index (κ2) is 6.54. The van der Waals surface area contributed by atoms with Crippen LogP contribution in [-0.4, -0.2) is 38.5 Å². The van der Waals surface area contributed by atoms with Crippen molar-refractivity contribution in [1.29, 1.82) is 0 Å². The second-order valence-electron chi connectivity index (χ2n) is 6.64. The number of halogens is 3. The molecule has 0 aliphatic heterocycles. The molecule has 9 heteroatoms. The number of fused-ring (bicyclic) bond motifs is 2. The molecular weight excluding hydrogens is 387 g/mol. The molecule has 0 unspecified atom stereocenters. The van der Waals surface area contributed by atoms with Crippen molar-refractivity contribution < 1.29 is 27.8 Å². The fraction of sp³-hybridized carbons (Fsp3) is 0.200. The molecule has 29 heavy (non-hydrogen) atoms. The number of hydrogen-bond donors (Lipinski definition) is 1. The van der Waals surface area contributed by atoms with Crippen molar-refractivity contribution in [2.75, 3.05) is 7.11 Å². The van der Waals surface area contributed by atoms with Gasteiger partial charge in [-0.2, -0.15) is 13.2 Å². The molecule has 1 N–H and O–H groups in total. The minimum Gasteiger partial charge on any atom is -0.494 e. The van der Waals surface area contributed by atoms with Gasteiger partial charge in [-0.3, -0.25) is 0 Å². The number of methoxy groups -OCH3 is 1. The third kappa shape index (κ3) is 3.18. The Morgan fingerprint density at radius 3 is 2.59 bits per heavy atom. The molecule has 4 aromatic rings. The predicted molar refractivity (Wildman–Crippen MR) is 101 cm³/mol. The summed E-state index contributed by atoms with van der Waals surface area (Å²) < 4.78 is 47.9. The minimum absolute atomic E-state index is 0.0187. The lowest BCUT2D eigenvalue weighted by Crippen LogP contribution is -2.18. The Morgan fingerprint density at radius 2 is 1.93 bits per heavy atom.